The number of nitrogens with zero attached hydrogens (tertiary/aromatic N) is 3. The number of carbonyl (C=O) groups excluding carboxylic acids is 3. The van der Waals surface area contributed by atoms with Gasteiger partial charge in [-0.2, -0.15) is 4.37 Å². The molecule has 1 aliphatic heterocycles. The van der Waals surface area contributed by atoms with Crippen LogP contribution in [0.15, 0.2) is 36.4 Å². The Morgan fingerprint density at radius 2 is 1.94 bits per heavy atom. The van der Waals surface area contributed by atoms with Crippen LogP contribution in [0, 0.1) is 11.6 Å². The predicted molar refractivity (Wildman–Crippen MR) is 124 cm³/mol. The van der Waals surface area contributed by atoms with Crippen molar-refractivity contribution in [1.29, 1.82) is 0 Å². The van der Waals surface area contributed by atoms with E-state index < -0.39 is 35.4 Å². The Balaban J connectivity index is 1.57. The molecule has 2 aromatic carbocycles. The van der Waals surface area contributed by atoms with Gasteiger partial charge >= 0.3 is 0 Å². The molecule has 5 rings (SSSR count). The van der Waals surface area contributed by atoms with Crippen LogP contribution in [0.25, 0.3) is 10.1 Å². The number of aromatic nitrogens is 3. The van der Waals surface area contributed by atoms with Gasteiger partial charge in [0, 0.05) is 16.8 Å². The minimum absolute atomic E-state index is 0.0112. The van der Waals surface area contributed by atoms with E-state index in [4.69, 9.17) is 17.3 Å². The van der Waals surface area contributed by atoms with E-state index in [1.165, 1.54) is 41.0 Å². The third kappa shape index (κ3) is 4.21. The van der Waals surface area contributed by atoms with E-state index in [1.54, 1.807) is 0 Å². The van der Waals surface area contributed by atoms with Crippen molar-refractivity contribution in [2.45, 2.75) is 19.0 Å². The maximum Gasteiger partial charge on any atom is 0.284 e. The van der Waals surface area contributed by atoms with Gasteiger partial charge in [0.1, 0.15) is 23.9 Å². The molecule has 3 heterocycles. The normalized spacial score (nSPS) is 15.4. The van der Waals surface area contributed by atoms with Crippen LogP contribution in [0.2, 0.25) is 5.02 Å². The van der Waals surface area contributed by atoms with Gasteiger partial charge in [0.05, 0.1) is 16.4 Å². The van der Waals surface area contributed by atoms with Crippen LogP contribution < -0.4 is 16.4 Å². The monoisotopic (exact) mass is 516 g/mol. The second-order valence-electron chi connectivity index (χ2n) is 7.80. The zero-order valence-corrected chi connectivity index (χ0v) is 19.2. The van der Waals surface area contributed by atoms with E-state index >= 15 is 0 Å². The Morgan fingerprint density at radius 1 is 1.20 bits per heavy atom. The van der Waals surface area contributed by atoms with Crippen molar-refractivity contribution >= 4 is 56.8 Å². The number of anilines is 1. The van der Waals surface area contributed by atoms with Gasteiger partial charge in [-0.05, 0) is 53.5 Å². The summed E-state index contributed by atoms with van der Waals surface area (Å²) < 4.78 is 33.7. The fraction of sp³-hybridized carbons (Fsp3) is 0.136. The summed E-state index contributed by atoms with van der Waals surface area (Å²) in [7, 11) is 0. The van der Waals surface area contributed by atoms with E-state index in [1.807, 2.05) is 0 Å². The first kappa shape index (κ1) is 22.9. The van der Waals surface area contributed by atoms with Gasteiger partial charge in [0.25, 0.3) is 11.8 Å². The SMILES string of the molecule is NC(=O)c1nc(NC(=O)c2nsc3ccc(F)cc23)c2n1CC(=O)N[C@H](c1cc(F)ccc1Cl)C2. The molecule has 0 fully saturated rings. The molecule has 0 aliphatic carbocycles. The highest BCUT2D eigenvalue weighted by Crippen LogP contribution is 2.32. The number of nitrogens with one attached hydrogen (secondary N) is 2. The number of amides is 3. The summed E-state index contributed by atoms with van der Waals surface area (Å²) in [6.45, 7) is -0.315. The lowest BCUT2D eigenvalue weighted by molar-refractivity contribution is -0.122. The van der Waals surface area contributed by atoms with E-state index in [0.29, 0.717) is 21.3 Å². The summed E-state index contributed by atoms with van der Waals surface area (Å²) >= 11 is 7.27. The number of hydrogen-bond acceptors (Lipinski definition) is 6. The number of halogens is 3. The van der Waals surface area contributed by atoms with Gasteiger partial charge < -0.3 is 20.9 Å². The van der Waals surface area contributed by atoms with Crippen molar-refractivity contribution in [2.24, 2.45) is 5.73 Å². The van der Waals surface area contributed by atoms with Crippen molar-refractivity contribution in [2.75, 3.05) is 5.32 Å². The zero-order chi connectivity index (χ0) is 24.9. The molecule has 1 aliphatic rings. The summed E-state index contributed by atoms with van der Waals surface area (Å²) in [5, 5.41) is 5.88. The number of carbonyl (C=O) groups is 3. The van der Waals surface area contributed by atoms with E-state index in [9.17, 15) is 23.2 Å². The highest BCUT2D eigenvalue weighted by atomic mass is 35.5. The smallest absolute Gasteiger partial charge is 0.284 e. The Hall–Kier alpha value is -3.90. The van der Waals surface area contributed by atoms with E-state index in [2.05, 4.69) is 20.0 Å². The molecular formula is C22H15ClF2N6O3S. The Labute approximate surface area is 205 Å². The first-order chi connectivity index (χ1) is 16.7. The summed E-state index contributed by atoms with van der Waals surface area (Å²) in [5.74, 6) is -3.46. The van der Waals surface area contributed by atoms with Crippen molar-refractivity contribution in [3.8, 4) is 0 Å². The number of nitrogens with two attached hydrogens (primary N) is 1. The molecule has 4 N–H and O–H groups in total. The fourth-order valence-electron chi connectivity index (χ4n) is 3.99. The van der Waals surface area contributed by atoms with Gasteiger partial charge in [0.15, 0.2) is 5.82 Å². The molecule has 2 aromatic heterocycles. The molecule has 4 aromatic rings. The molecule has 0 radical (unpaired) electrons. The van der Waals surface area contributed by atoms with Gasteiger partial charge in [-0.15, -0.1) is 0 Å². The molecule has 0 bridgehead atoms. The van der Waals surface area contributed by atoms with E-state index in [0.717, 1.165) is 11.5 Å². The van der Waals surface area contributed by atoms with Crippen LogP contribution in [0.5, 0.6) is 0 Å². The number of rotatable bonds is 4. The van der Waals surface area contributed by atoms with Gasteiger partial charge in [-0.1, -0.05) is 11.6 Å². The second kappa shape index (κ2) is 8.71. The van der Waals surface area contributed by atoms with Crippen LogP contribution in [-0.2, 0) is 17.8 Å². The number of hydrogen-bond donors (Lipinski definition) is 3. The predicted octanol–water partition coefficient (Wildman–Crippen LogP) is 3.19. The fourth-order valence-corrected chi connectivity index (χ4v) is 4.99. The molecule has 0 unspecified atom stereocenters. The van der Waals surface area contributed by atoms with Crippen LogP contribution in [-0.4, -0.2) is 31.6 Å². The van der Waals surface area contributed by atoms with Gasteiger partial charge in [0.2, 0.25) is 11.7 Å². The van der Waals surface area contributed by atoms with Gasteiger partial charge in [-0.25, -0.2) is 13.8 Å². The number of primary amides is 1. The molecule has 0 saturated carbocycles. The lowest BCUT2D eigenvalue weighted by Gasteiger charge is -2.18. The number of fused-ring (bicyclic) bond motifs is 2. The highest BCUT2D eigenvalue weighted by molar-refractivity contribution is 7.13. The van der Waals surface area contributed by atoms with Crippen molar-refractivity contribution in [3.63, 3.8) is 0 Å². The Morgan fingerprint density at radius 3 is 2.71 bits per heavy atom. The summed E-state index contributed by atoms with van der Waals surface area (Å²) in [6.07, 6.45) is 0.0112. The van der Waals surface area contributed by atoms with Crippen LogP contribution in [0.1, 0.15) is 38.4 Å². The lowest BCUT2D eigenvalue weighted by Crippen LogP contribution is -2.30. The molecule has 9 nitrogen and oxygen atoms in total. The molecule has 178 valence electrons. The molecule has 1 atom stereocenters. The molecule has 0 spiro atoms. The summed E-state index contributed by atoms with van der Waals surface area (Å²) in [5.41, 5.74) is 6.04. The lowest BCUT2D eigenvalue weighted by atomic mass is 10.0. The largest absolute Gasteiger partial charge is 0.363 e. The molecule has 13 heteroatoms. The molecular weight excluding hydrogens is 502 g/mol. The van der Waals surface area contributed by atoms with Gasteiger partial charge in [-0.3, -0.25) is 14.4 Å². The average molecular weight is 517 g/mol. The Kier molecular flexibility index (Phi) is 5.69. The van der Waals surface area contributed by atoms with Crippen LogP contribution in [0.3, 0.4) is 0 Å². The number of imidazole rings is 1. The molecule has 0 saturated heterocycles. The Bertz CT molecular complexity index is 1540. The third-order valence-corrected chi connectivity index (χ3v) is 6.71. The summed E-state index contributed by atoms with van der Waals surface area (Å²) in [4.78, 5) is 41.9. The van der Waals surface area contributed by atoms with Crippen molar-refractivity contribution in [3.05, 3.63) is 75.8 Å². The first-order valence-corrected chi connectivity index (χ1v) is 11.4. The topological polar surface area (TPSA) is 132 Å². The highest BCUT2D eigenvalue weighted by Gasteiger charge is 2.31. The standard InChI is InChI=1S/C22H15ClF2N6O3S/c23-13-3-1-9(24)5-11(13)14-7-15-20(28-21(19(26)33)31(15)8-17(32)27-14)29-22(34)18-12-6-10(25)2-4-16(12)35-30-18/h1-6,14H,7-8H2,(H2,26,33)(H,27,32)(H,29,34)/t14-/m0/s1. The second-order valence-corrected chi connectivity index (χ2v) is 9.01. The first-order valence-electron chi connectivity index (χ1n) is 10.2. The van der Waals surface area contributed by atoms with Crippen LogP contribution >= 0.6 is 23.1 Å². The summed E-state index contributed by atoms with van der Waals surface area (Å²) in [6, 6.07) is 6.94. The maximum absolute atomic E-state index is 13.9. The molecule has 3 amide bonds. The maximum atomic E-state index is 13.9. The average Bonchev–Trinajstić information content (AvgIpc) is 3.31. The third-order valence-electron chi connectivity index (χ3n) is 5.54. The minimum atomic E-state index is -0.914. The quantitative estimate of drug-likeness (QED) is 0.383. The van der Waals surface area contributed by atoms with Crippen molar-refractivity contribution < 1.29 is 23.2 Å². The molecule has 35 heavy (non-hydrogen) atoms. The van der Waals surface area contributed by atoms with E-state index in [-0.39, 0.29) is 35.3 Å². The minimum Gasteiger partial charge on any atom is -0.363 e. The zero-order valence-electron chi connectivity index (χ0n) is 17.6. The van der Waals surface area contributed by atoms with Crippen molar-refractivity contribution in [1.82, 2.24) is 19.2 Å². The van der Waals surface area contributed by atoms with Crippen LogP contribution in [0.4, 0.5) is 14.6 Å². The number of benzene rings is 2.